The largest absolute Gasteiger partial charge is 0.469 e. The first-order valence-electron chi connectivity index (χ1n) is 10.7. The number of carbonyl (C=O) groups excluding carboxylic acids is 2. The number of esters is 1. The van der Waals surface area contributed by atoms with Gasteiger partial charge in [-0.3, -0.25) is 14.5 Å². The Kier molecular flexibility index (Phi) is 5.91. The van der Waals surface area contributed by atoms with Gasteiger partial charge in [0.15, 0.2) is 0 Å². The molecule has 0 N–H and O–H groups in total. The second kappa shape index (κ2) is 8.60. The summed E-state index contributed by atoms with van der Waals surface area (Å²) in [5.41, 5.74) is 3.13. The summed E-state index contributed by atoms with van der Waals surface area (Å²) in [5, 5.41) is 0. The topological polar surface area (TPSA) is 49.9 Å². The number of hydrogen-bond donors (Lipinski definition) is 0. The van der Waals surface area contributed by atoms with Crippen LogP contribution in [0.1, 0.15) is 29.5 Å². The van der Waals surface area contributed by atoms with Crippen LogP contribution in [0.15, 0.2) is 54.6 Å². The van der Waals surface area contributed by atoms with E-state index < -0.39 is 5.54 Å². The smallest absolute Gasteiger partial charge is 0.308 e. The number of likely N-dealkylation sites (N-methyl/N-ethyl adjacent to an activating group) is 1. The average Bonchev–Trinajstić information content (AvgIpc) is 3.20. The lowest BCUT2D eigenvalue weighted by Crippen LogP contribution is -2.60. The van der Waals surface area contributed by atoms with Gasteiger partial charge in [-0.2, -0.15) is 0 Å². The molecule has 30 heavy (non-hydrogen) atoms. The van der Waals surface area contributed by atoms with E-state index in [1.807, 2.05) is 23.1 Å². The molecule has 0 spiro atoms. The van der Waals surface area contributed by atoms with Gasteiger partial charge in [0.25, 0.3) is 0 Å². The van der Waals surface area contributed by atoms with E-state index in [0.717, 1.165) is 19.4 Å². The van der Waals surface area contributed by atoms with E-state index in [0.29, 0.717) is 25.9 Å². The molecule has 4 rings (SSSR count). The second-order valence-electron chi connectivity index (χ2n) is 8.59. The van der Waals surface area contributed by atoms with Crippen LogP contribution in [0.25, 0.3) is 0 Å². The summed E-state index contributed by atoms with van der Waals surface area (Å²) >= 11 is 0. The molecule has 1 amide bonds. The summed E-state index contributed by atoms with van der Waals surface area (Å²) in [5.74, 6) is -0.0791. The van der Waals surface area contributed by atoms with Crippen molar-refractivity contribution in [1.29, 1.82) is 0 Å². The van der Waals surface area contributed by atoms with E-state index in [4.69, 9.17) is 4.74 Å². The number of ether oxygens (including phenoxy) is 1. The van der Waals surface area contributed by atoms with Crippen molar-refractivity contribution >= 4 is 11.9 Å². The van der Waals surface area contributed by atoms with Gasteiger partial charge in [0.1, 0.15) is 5.54 Å². The second-order valence-corrected chi connectivity index (χ2v) is 8.59. The Bertz CT molecular complexity index is 879. The van der Waals surface area contributed by atoms with Crippen LogP contribution in [-0.4, -0.2) is 54.5 Å². The fraction of sp³-hybridized carbons (Fsp3) is 0.440. The van der Waals surface area contributed by atoms with E-state index in [-0.39, 0.29) is 17.8 Å². The average molecular weight is 407 g/mol. The molecule has 0 atom stereocenters. The van der Waals surface area contributed by atoms with Gasteiger partial charge in [-0.25, -0.2) is 0 Å². The molecule has 1 saturated heterocycles. The molecule has 1 heterocycles. The first-order chi connectivity index (χ1) is 14.5. The van der Waals surface area contributed by atoms with Crippen LogP contribution in [0.2, 0.25) is 0 Å². The van der Waals surface area contributed by atoms with Crippen LogP contribution in [0.3, 0.4) is 0 Å². The molecular formula is C25H30N2O3. The highest BCUT2D eigenvalue weighted by Crippen LogP contribution is 2.37. The van der Waals surface area contributed by atoms with Crippen molar-refractivity contribution in [1.82, 2.24) is 9.80 Å². The minimum atomic E-state index is -0.586. The molecule has 2 aromatic carbocycles. The number of nitrogens with zero attached hydrogens (tertiary/aromatic N) is 2. The molecule has 1 fully saturated rings. The maximum absolute atomic E-state index is 13.9. The molecule has 2 aliphatic rings. The number of piperidine rings is 1. The van der Waals surface area contributed by atoms with Gasteiger partial charge in [0.05, 0.1) is 13.0 Å². The Morgan fingerprint density at radius 3 is 2.13 bits per heavy atom. The maximum Gasteiger partial charge on any atom is 0.308 e. The van der Waals surface area contributed by atoms with Crippen molar-refractivity contribution in [2.24, 2.45) is 5.92 Å². The molecule has 0 bridgehead atoms. The van der Waals surface area contributed by atoms with Crippen LogP contribution in [-0.2, 0) is 33.7 Å². The highest BCUT2D eigenvalue weighted by molar-refractivity contribution is 5.88. The van der Waals surface area contributed by atoms with Crippen LogP contribution < -0.4 is 0 Å². The first-order valence-corrected chi connectivity index (χ1v) is 10.7. The standard InChI is InChI=1S/C25H30N2O3/c1-26(18-19-8-4-3-5-9-19)25(16-21-10-6-7-11-22(21)17-25)24(29)27-14-12-20(13-15-27)23(28)30-2/h3-11,20H,12-18H2,1-2H3. The van der Waals surface area contributed by atoms with Crippen molar-refractivity contribution in [3.8, 4) is 0 Å². The van der Waals surface area contributed by atoms with Crippen LogP contribution in [0.5, 0.6) is 0 Å². The number of rotatable bonds is 5. The molecule has 1 aliphatic carbocycles. The molecule has 158 valence electrons. The predicted molar refractivity (Wildman–Crippen MR) is 116 cm³/mol. The Labute approximate surface area is 178 Å². The number of carbonyl (C=O) groups is 2. The van der Waals surface area contributed by atoms with Gasteiger partial charge in [0.2, 0.25) is 5.91 Å². The lowest BCUT2D eigenvalue weighted by Gasteiger charge is -2.43. The van der Waals surface area contributed by atoms with E-state index in [9.17, 15) is 9.59 Å². The van der Waals surface area contributed by atoms with Crippen LogP contribution >= 0.6 is 0 Å². The normalized spacial score (nSPS) is 18.3. The van der Waals surface area contributed by atoms with Crippen molar-refractivity contribution in [3.63, 3.8) is 0 Å². The Hall–Kier alpha value is -2.66. The summed E-state index contributed by atoms with van der Waals surface area (Å²) < 4.78 is 4.90. The third-order valence-electron chi connectivity index (χ3n) is 6.79. The predicted octanol–water partition coefficient (Wildman–Crippen LogP) is 3.07. The Morgan fingerprint density at radius 2 is 1.57 bits per heavy atom. The first kappa shape index (κ1) is 20.6. The van der Waals surface area contributed by atoms with E-state index in [1.165, 1.54) is 23.8 Å². The zero-order chi connectivity index (χ0) is 21.1. The fourth-order valence-electron chi connectivity index (χ4n) is 4.97. The lowest BCUT2D eigenvalue weighted by atomic mass is 9.88. The summed E-state index contributed by atoms with van der Waals surface area (Å²) in [6, 6.07) is 18.7. The molecule has 2 aromatic rings. The molecular weight excluding hydrogens is 376 g/mol. The minimum Gasteiger partial charge on any atom is -0.469 e. The van der Waals surface area contributed by atoms with Gasteiger partial charge in [-0.1, -0.05) is 54.6 Å². The number of likely N-dealkylation sites (tertiary alicyclic amines) is 1. The zero-order valence-electron chi connectivity index (χ0n) is 17.8. The van der Waals surface area contributed by atoms with E-state index in [2.05, 4.69) is 48.3 Å². The van der Waals surface area contributed by atoms with Gasteiger partial charge < -0.3 is 9.64 Å². The number of amides is 1. The van der Waals surface area contributed by atoms with Crippen LogP contribution in [0.4, 0.5) is 0 Å². The summed E-state index contributed by atoms with van der Waals surface area (Å²) in [7, 11) is 3.50. The van der Waals surface area contributed by atoms with E-state index >= 15 is 0 Å². The highest BCUT2D eigenvalue weighted by atomic mass is 16.5. The van der Waals surface area contributed by atoms with E-state index in [1.54, 1.807) is 0 Å². The van der Waals surface area contributed by atoms with Gasteiger partial charge in [0, 0.05) is 32.5 Å². The lowest BCUT2D eigenvalue weighted by molar-refractivity contribution is -0.152. The minimum absolute atomic E-state index is 0.0992. The number of fused-ring (bicyclic) bond motifs is 1. The Balaban J connectivity index is 1.57. The van der Waals surface area contributed by atoms with Gasteiger partial charge >= 0.3 is 5.97 Å². The summed E-state index contributed by atoms with van der Waals surface area (Å²) in [6.07, 6.45) is 2.79. The van der Waals surface area contributed by atoms with Crippen LogP contribution in [0, 0.1) is 5.92 Å². The van der Waals surface area contributed by atoms with Gasteiger partial charge in [-0.05, 0) is 36.6 Å². The molecule has 0 radical (unpaired) electrons. The van der Waals surface area contributed by atoms with Gasteiger partial charge in [-0.15, -0.1) is 0 Å². The molecule has 0 saturated carbocycles. The monoisotopic (exact) mass is 406 g/mol. The fourth-order valence-corrected chi connectivity index (χ4v) is 4.97. The SMILES string of the molecule is COC(=O)C1CCN(C(=O)C2(N(C)Cc3ccccc3)Cc3ccccc3C2)CC1. The van der Waals surface area contributed by atoms with Crippen molar-refractivity contribution < 1.29 is 14.3 Å². The quantitative estimate of drug-likeness (QED) is 0.716. The highest BCUT2D eigenvalue weighted by Gasteiger charge is 2.49. The number of benzene rings is 2. The zero-order valence-corrected chi connectivity index (χ0v) is 17.8. The molecule has 5 nitrogen and oxygen atoms in total. The summed E-state index contributed by atoms with van der Waals surface area (Å²) in [6.45, 7) is 1.94. The van der Waals surface area contributed by atoms with Crippen molar-refractivity contribution in [2.75, 3.05) is 27.2 Å². The molecule has 0 unspecified atom stereocenters. The number of methoxy groups -OCH3 is 1. The third-order valence-corrected chi connectivity index (χ3v) is 6.79. The Morgan fingerprint density at radius 1 is 1.00 bits per heavy atom. The van der Waals surface area contributed by atoms with Crippen molar-refractivity contribution in [3.05, 3.63) is 71.3 Å². The number of hydrogen-bond acceptors (Lipinski definition) is 4. The third kappa shape index (κ3) is 3.86. The maximum atomic E-state index is 13.9. The summed E-state index contributed by atoms with van der Waals surface area (Å²) in [4.78, 5) is 30.0. The molecule has 0 aromatic heterocycles. The molecule has 5 heteroatoms. The van der Waals surface area contributed by atoms with Crippen molar-refractivity contribution in [2.45, 2.75) is 37.8 Å². The molecule has 1 aliphatic heterocycles.